The number of anilines is 4. The normalized spacial score (nSPS) is 12.6. The molecular formula is C47H99N7O2P46. The molecule has 0 saturated heterocycles. The molecule has 55 heteroatoms. The van der Waals surface area contributed by atoms with Crippen LogP contribution in [0.5, 0.6) is 11.5 Å². The van der Waals surface area contributed by atoms with E-state index in [4.69, 9.17) is 10.5 Å². The highest BCUT2D eigenvalue weighted by atomic mass is 33.6. The molecule has 564 valence electrons. The van der Waals surface area contributed by atoms with Crippen molar-refractivity contribution in [1.82, 2.24) is 19.9 Å². The molecule has 9 nitrogen and oxygen atoms in total. The van der Waals surface area contributed by atoms with E-state index in [1.54, 1.807) is 6.33 Å². The summed E-state index contributed by atoms with van der Waals surface area (Å²) in [6, 6.07) is 42.4. The minimum absolute atomic E-state index is 0. The Morgan fingerprint density at radius 2 is 0.667 bits per heavy atom. The Kier molecular flexibility index (Phi) is 59.4. The monoisotopic (exact) mass is 2220 g/mol. The van der Waals surface area contributed by atoms with Gasteiger partial charge in [0.15, 0.2) is 23.1 Å². The van der Waals surface area contributed by atoms with Gasteiger partial charge in [-0.15, -0.1) is 214 Å². The summed E-state index contributed by atoms with van der Waals surface area (Å²) < 4.78 is 6.29. The fourth-order valence-electron chi connectivity index (χ4n) is 8.42. The second kappa shape index (κ2) is 56.3. The number of hydrogen-bond donors (Lipinski definition) is 4. The van der Waals surface area contributed by atoms with E-state index in [0.29, 0.717) is 35.6 Å². The summed E-state index contributed by atoms with van der Waals surface area (Å²) in [7, 11) is 82.7. The fraction of sp³-hybridized carbons (Fsp3) is 0.191. The summed E-state index contributed by atoms with van der Waals surface area (Å²) in [5.74, 6) is 2.18. The first-order valence-corrected chi connectivity index (χ1v) is 112. The Morgan fingerprint density at radius 1 is 0.373 bits per heavy atom. The Bertz CT molecular complexity index is 3340. The minimum atomic E-state index is -0.168. The molecule has 0 aliphatic carbocycles. The second-order valence-electron chi connectivity index (χ2n) is 21.0. The van der Waals surface area contributed by atoms with Crippen LogP contribution in [0.3, 0.4) is 0 Å². The van der Waals surface area contributed by atoms with Crippen LogP contribution in [0.25, 0.3) is 22.5 Å². The molecule has 5 N–H and O–H groups in total. The van der Waals surface area contributed by atoms with Gasteiger partial charge in [-0.05, 0) is 221 Å². The van der Waals surface area contributed by atoms with Crippen LogP contribution >= 0.6 is 368 Å². The Labute approximate surface area is 691 Å². The smallest absolute Gasteiger partial charge is 0.188 e. The average Bonchev–Trinajstić information content (AvgIpc) is 0.738. The van der Waals surface area contributed by atoms with Gasteiger partial charge >= 0.3 is 0 Å². The van der Waals surface area contributed by atoms with E-state index in [9.17, 15) is 5.11 Å². The van der Waals surface area contributed by atoms with Gasteiger partial charge in [0.2, 0.25) is 0 Å². The lowest BCUT2D eigenvalue weighted by Crippen LogP contribution is -2.04. The maximum atomic E-state index is 10.5. The van der Waals surface area contributed by atoms with Gasteiger partial charge in [-0.2, -0.15) is 0 Å². The third-order valence-electron chi connectivity index (χ3n) is 13.0. The highest BCUT2D eigenvalue weighted by Gasteiger charge is 2.58. The first-order chi connectivity index (χ1) is 47.5. The number of nitrogens with one attached hydrogen (secondary N) is 2. The summed E-state index contributed by atoms with van der Waals surface area (Å²) >= 11 is 0. The first kappa shape index (κ1) is 108. The molecule has 0 amide bonds. The molecule has 24 unspecified atom stereocenters. The summed E-state index contributed by atoms with van der Waals surface area (Å²) in [5.41, 5.74) is 16.5. The molecule has 7 aromatic rings. The quantitative estimate of drug-likeness (QED) is 0.0305. The lowest BCUT2D eigenvalue weighted by atomic mass is 10.0. The van der Waals surface area contributed by atoms with E-state index in [2.05, 4.69) is 314 Å². The lowest BCUT2D eigenvalue weighted by molar-refractivity contribution is 0.307. The first-order valence-electron chi connectivity index (χ1n) is 28.7. The molecule has 25 atom stereocenters. The molecule has 0 spiro atoms. The highest BCUT2D eigenvalue weighted by Crippen LogP contribution is 3.45. The number of ether oxygens (including phenoxy) is 1. The Balaban J connectivity index is 0.000000339. The highest BCUT2D eigenvalue weighted by molar-refractivity contribution is 9.51. The molecule has 2 aromatic heterocycles. The number of aromatic nitrogens is 4. The van der Waals surface area contributed by atoms with Gasteiger partial charge in [-0.25, -0.2) is 19.9 Å². The van der Waals surface area contributed by atoms with Crippen molar-refractivity contribution in [2.45, 2.75) is 60.6 Å². The van der Waals surface area contributed by atoms with E-state index in [1.807, 2.05) is 92.7 Å². The van der Waals surface area contributed by atoms with Crippen molar-refractivity contribution in [3.8, 4) is 34.0 Å². The predicted octanol–water partition coefficient (Wildman–Crippen LogP) is 38.2. The molecule has 5 aromatic carbocycles. The summed E-state index contributed by atoms with van der Waals surface area (Å²) in [6.07, 6.45) is 3.02. The van der Waals surface area contributed by atoms with Crippen LogP contribution in [0, 0.1) is 13.8 Å². The second-order valence-corrected chi connectivity index (χ2v) is 209. The van der Waals surface area contributed by atoms with Gasteiger partial charge in [-0.3, -0.25) is 0 Å². The van der Waals surface area contributed by atoms with Gasteiger partial charge in [0.1, 0.15) is 30.6 Å². The van der Waals surface area contributed by atoms with E-state index in [0.717, 1.165) is 44.9 Å². The van der Waals surface area contributed by atoms with Gasteiger partial charge in [0, 0.05) is 28.5 Å². The van der Waals surface area contributed by atoms with Crippen LogP contribution in [0.4, 0.5) is 23.0 Å². The van der Waals surface area contributed by atoms with Crippen LogP contribution in [0.2, 0.25) is 0 Å². The predicted molar refractivity (Wildman–Crippen MR) is 615 cm³/mol. The zero-order chi connectivity index (χ0) is 75.4. The van der Waals surface area contributed by atoms with Gasteiger partial charge in [0.25, 0.3) is 0 Å². The third kappa shape index (κ3) is 34.9. The van der Waals surface area contributed by atoms with E-state index < -0.39 is 0 Å². The number of hydrogen-bond acceptors (Lipinski definition) is 9. The Hall–Kier alpha value is 13.2. The van der Waals surface area contributed by atoms with Crippen molar-refractivity contribution in [2.24, 2.45) is 5.73 Å². The minimum Gasteiger partial charge on any atom is -0.503 e. The van der Waals surface area contributed by atoms with Crippen molar-refractivity contribution in [3.05, 3.63) is 168 Å². The van der Waals surface area contributed by atoms with Crippen LogP contribution in [-0.4, -0.2) is 25.0 Å². The maximum Gasteiger partial charge on any atom is 0.188 e. The molecule has 2 heterocycles. The SMILES string of the molecule is C.Cc1ccc(-c2ncnc(Nc3ccc(C(C)C)cc3)c2OCc2ccccc2)cc1.Cc1ccc(-c2ncnc(Nc3ccc([C@H](C)N)cc3)c2O)cc1.PP(P)P(P(P)P)P(P(P(P)P)P(P)P)P(P(P(P(P)P)P(P)P)P(P(P)P)P(P)P)P(P(P(P)P)P(P)P)P(P(P)P)P(P)P. The summed E-state index contributed by atoms with van der Waals surface area (Å²) in [6.45, 7) is 7.76. The topological polar surface area (TPSA) is 131 Å². The fourth-order valence-corrected chi connectivity index (χ4v) is 658. The Morgan fingerprint density at radius 3 is 0.990 bits per heavy atom. The number of nitrogens with zero attached hydrogens (tertiary/aromatic N) is 4. The number of benzene rings is 5. The molecule has 7 rings (SSSR count). The molecular weight excluding hydrogens is 2120 g/mol. The molecule has 0 fully saturated rings. The number of nitrogens with two attached hydrogens (primary N) is 1. The van der Waals surface area contributed by atoms with Crippen molar-refractivity contribution in [1.29, 1.82) is 0 Å². The largest absolute Gasteiger partial charge is 0.503 e. The zero-order valence-electron chi connectivity index (χ0n) is 55.6. The van der Waals surface area contributed by atoms with Gasteiger partial charge < -0.3 is 26.2 Å². The van der Waals surface area contributed by atoms with Crippen molar-refractivity contribution < 1.29 is 9.84 Å². The van der Waals surface area contributed by atoms with Crippen LogP contribution in [0.1, 0.15) is 68.0 Å². The molecule has 102 heavy (non-hydrogen) atoms. The number of aryl methyl sites for hydroxylation is 2. The molecule has 0 radical (unpaired) electrons. The number of rotatable bonds is 32. The summed E-state index contributed by atoms with van der Waals surface area (Å²) in [5, 5.41) is 17.0. The summed E-state index contributed by atoms with van der Waals surface area (Å²) in [4.78, 5) is 17.4. The molecule has 0 aliphatic heterocycles. The van der Waals surface area contributed by atoms with Crippen molar-refractivity contribution in [3.63, 3.8) is 0 Å². The van der Waals surface area contributed by atoms with Crippen LogP contribution < -0.4 is 21.1 Å². The molecule has 0 bridgehead atoms. The molecule has 0 aliphatic rings. The lowest BCUT2D eigenvalue weighted by Gasteiger charge is -2.57. The van der Waals surface area contributed by atoms with Crippen LogP contribution in [0.15, 0.2) is 140 Å². The van der Waals surface area contributed by atoms with Gasteiger partial charge in [0.05, 0.1) is 0 Å². The van der Waals surface area contributed by atoms with E-state index in [-0.39, 0.29) is 173 Å². The van der Waals surface area contributed by atoms with Gasteiger partial charge in [-0.1, -0.05) is 136 Å². The molecule has 0 saturated carbocycles. The number of aromatic hydroxyl groups is 1. The third-order valence-corrected chi connectivity index (χ3v) is 326. The zero-order valence-corrected chi connectivity index (χ0v) is 103. The maximum absolute atomic E-state index is 10.5. The van der Waals surface area contributed by atoms with E-state index in [1.165, 1.54) is 17.5 Å². The van der Waals surface area contributed by atoms with Crippen molar-refractivity contribution in [2.75, 3.05) is 10.6 Å². The van der Waals surface area contributed by atoms with Crippen LogP contribution in [-0.2, 0) is 6.61 Å². The standard InChI is InChI=1S/C27H27N3O.C19H20N4O.CH4.H48P46/c1-19(2)22-13-15-24(16-14-22)30-27-26(31-17-21-7-5-4-6-8-21)25(28-18-29-27)23-11-9-20(3)10-12-23;1-12-3-5-15(6-4-12)17-18(24)19(22-11-21-17)23-16-9-7-14(8-10-16)13(2)20;;1-25(2)37(26(3)4)43(38(27(5)6)28(7)8)46(44(39(29(9)10)30(11)12)40(31(13)14)32(15)16)45(41(33(17)18)34(19)20)42(35(21)22)36(23)24/h4-16,18-19H,17H2,1-3H3,(H,28,29,30);3-11,13,24H,20H2,1-2H3,(H,21,22,23);1H4;1-24H2/t;13-;;/m.0../s1. The van der Waals surface area contributed by atoms with E-state index >= 15 is 0 Å². The van der Waals surface area contributed by atoms with Crippen molar-refractivity contribution >= 4 is 391 Å². The average molecular weight is 2220 g/mol.